The molecule has 2 N–H and O–H groups in total. The van der Waals surface area contributed by atoms with Gasteiger partial charge in [0.05, 0.1) is 6.33 Å². The van der Waals surface area contributed by atoms with Crippen molar-refractivity contribution in [2.75, 3.05) is 6.54 Å². The topological polar surface area (TPSA) is 58.4 Å². The van der Waals surface area contributed by atoms with Crippen molar-refractivity contribution >= 4 is 11.4 Å². The number of rotatable bonds is 2. The van der Waals surface area contributed by atoms with Crippen molar-refractivity contribution in [2.24, 2.45) is 5.92 Å². The number of carbonyl (C=O) groups excluding carboxylic acids is 1. The van der Waals surface area contributed by atoms with Crippen molar-refractivity contribution in [3.05, 3.63) is 36.4 Å². The van der Waals surface area contributed by atoms with E-state index in [9.17, 15) is 4.79 Å². The summed E-state index contributed by atoms with van der Waals surface area (Å²) in [6.45, 7) is 1.03. The van der Waals surface area contributed by atoms with Gasteiger partial charge in [0.15, 0.2) is 0 Å². The average molecular weight is 256 g/mol. The first-order valence-corrected chi connectivity index (χ1v) is 6.76. The molecule has 2 aliphatic rings. The molecule has 2 bridgehead atoms. The Hall–Kier alpha value is -1.88. The van der Waals surface area contributed by atoms with E-state index in [-0.39, 0.29) is 5.91 Å². The minimum Gasteiger partial charge on any atom is -0.348 e. The van der Waals surface area contributed by atoms with Gasteiger partial charge in [-0.3, -0.25) is 4.79 Å². The molecule has 2 aromatic rings. The van der Waals surface area contributed by atoms with E-state index in [1.807, 2.05) is 28.8 Å². The SMILES string of the molecule is O=C(N[C@H]1C[C@@H]2C[C@@H]1CN2)c1cc2cccn2cn1. The normalized spacial score (nSPS) is 28.9. The summed E-state index contributed by atoms with van der Waals surface area (Å²) in [6, 6.07) is 6.65. The summed E-state index contributed by atoms with van der Waals surface area (Å²) in [6.07, 6.45) is 5.85. The number of nitrogens with zero attached hydrogens (tertiary/aromatic N) is 2. The maximum atomic E-state index is 12.2. The van der Waals surface area contributed by atoms with E-state index in [1.54, 1.807) is 6.33 Å². The number of fused-ring (bicyclic) bond motifs is 3. The molecule has 0 unspecified atom stereocenters. The molecule has 2 aromatic heterocycles. The Labute approximate surface area is 111 Å². The van der Waals surface area contributed by atoms with E-state index in [0.29, 0.717) is 23.7 Å². The van der Waals surface area contributed by atoms with Gasteiger partial charge in [0, 0.05) is 30.3 Å². The van der Waals surface area contributed by atoms with Gasteiger partial charge < -0.3 is 15.0 Å². The predicted molar refractivity (Wildman–Crippen MR) is 71.0 cm³/mol. The maximum absolute atomic E-state index is 12.2. The van der Waals surface area contributed by atoms with Crippen LogP contribution in [0, 0.1) is 5.92 Å². The first-order chi connectivity index (χ1) is 9.29. The number of aromatic nitrogens is 2. The third kappa shape index (κ3) is 1.81. The molecule has 1 aliphatic heterocycles. The van der Waals surface area contributed by atoms with Crippen molar-refractivity contribution in [3.63, 3.8) is 0 Å². The van der Waals surface area contributed by atoms with E-state index >= 15 is 0 Å². The second-order valence-corrected chi connectivity index (χ2v) is 5.53. The Kier molecular flexibility index (Phi) is 2.35. The Morgan fingerprint density at radius 2 is 2.42 bits per heavy atom. The highest BCUT2D eigenvalue weighted by atomic mass is 16.1. The molecule has 5 heteroatoms. The fourth-order valence-electron chi connectivity index (χ4n) is 3.31. The summed E-state index contributed by atoms with van der Waals surface area (Å²) in [5.41, 5.74) is 1.50. The Morgan fingerprint density at radius 3 is 3.21 bits per heavy atom. The molecular formula is C14H16N4O. The van der Waals surface area contributed by atoms with Gasteiger partial charge in [0.2, 0.25) is 0 Å². The van der Waals surface area contributed by atoms with Gasteiger partial charge in [0.25, 0.3) is 5.91 Å². The summed E-state index contributed by atoms with van der Waals surface area (Å²) >= 11 is 0. The van der Waals surface area contributed by atoms with Gasteiger partial charge in [-0.25, -0.2) is 4.98 Å². The highest BCUT2D eigenvalue weighted by molar-refractivity contribution is 5.93. The lowest BCUT2D eigenvalue weighted by Gasteiger charge is -2.23. The number of hydrogen-bond donors (Lipinski definition) is 2. The zero-order valence-electron chi connectivity index (χ0n) is 10.5. The minimum absolute atomic E-state index is 0.0544. The molecule has 3 heterocycles. The molecule has 4 rings (SSSR count). The lowest BCUT2D eigenvalue weighted by Crippen LogP contribution is -2.44. The van der Waals surface area contributed by atoms with Crippen LogP contribution in [0.2, 0.25) is 0 Å². The quantitative estimate of drug-likeness (QED) is 0.836. The van der Waals surface area contributed by atoms with Crippen LogP contribution in [-0.4, -0.2) is 33.9 Å². The summed E-state index contributed by atoms with van der Waals surface area (Å²) < 4.78 is 1.90. The summed E-state index contributed by atoms with van der Waals surface area (Å²) in [5.74, 6) is 0.534. The average Bonchev–Trinajstić information content (AvgIpc) is 3.13. The van der Waals surface area contributed by atoms with Crippen LogP contribution in [0.25, 0.3) is 5.52 Å². The van der Waals surface area contributed by atoms with Crippen molar-refractivity contribution in [1.82, 2.24) is 20.0 Å². The van der Waals surface area contributed by atoms with E-state index < -0.39 is 0 Å². The second-order valence-electron chi connectivity index (χ2n) is 5.53. The number of nitrogens with one attached hydrogen (secondary N) is 2. The van der Waals surface area contributed by atoms with Gasteiger partial charge in [-0.1, -0.05) is 0 Å². The van der Waals surface area contributed by atoms with Crippen molar-refractivity contribution in [1.29, 1.82) is 0 Å². The number of amides is 1. The fourth-order valence-corrected chi connectivity index (χ4v) is 3.31. The van der Waals surface area contributed by atoms with Crippen LogP contribution in [0.5, 0.6) is 0 Å². The molecule has 19 heavy (non-hydrogen) atoms. The molecule has 3 atom stereocenters. The monoisotopic (exact) mass is 256 g/mol. The number of piperidine rings is 1. The van der Waals surface area contributed by atoms with E-state index in [1.165, 1.54) is 6.42 Å². The van der Waals surface area contributed by atoms with Gasteiger partial charge in [-0.05, 0) is 37.0 Å². The minimum atomic E-state index is -0.0544. The lowest BCUT2D eigenvalue weighted by atomic mass is 10.0. The van der Waals surface area contributed by atoms with E-state index in [2.05, 4.69) is 15.6 Å². The van der Waals surface area contributed by atoms with E-state index in [4.69, 9.17) is 0 Å². The highest BCUT2D eigenvalue weighted by Gasteiger charge is 2.40. The molecule has 0 spiro atoms. The molecule has 1 saturated carbocycles. The zero-order chi connectivity index (χ0) is 12.8. The molecule has 2 fully saturated rings. The van der Waals surface area contributed by atoms with Crippen molar-refractivity contribution in [2.45, 2.75) is 24.9 Å². The molecule has 0 aromatic carbocycles. The van der Waals surface area contributed by atoms with Crippen LogP contribution in [0.4, 0.5) is 0 Å². The van der Waals surface area contributed by atoms with Crippen LogP contribution in [0.3, 0.4) is 0 Å². The Bertz CT molecular complexity index is 635. The number of hydrogen-bond acceptors (Lipinski definition) is 3. The summed E-state index contributed by atoms with van der Waals surface area (Å²) in [7, 11) is 0. The molecular weight excluding hydrogens is 240 g/mol. The Morgan fingerprint density at radius 1 is 1.47 bits per heavy atom. The Balaban J connectivity index is 1.53. The third-order valence-electron chi connectivity index (χ3n) is 4.33. The second kappa shape index (κ2) is 4.06. The first kappa shape index (κ1) is 11.0. The molecule has 1 amide bonds. The van der Waals surface area contributed by atoms with Crippen LogP contribution < -0.4 is 10.6 Å². The largest absolute Gasteiger partial charge is 0.348 e. The van der Waals surface area contributed by atoms with Gasteiger partial charge in [0.1, 0.15) is 5.69 Å². The van der Waals surface area contributed by atoms with E-state index in [0.717, 1.165) is 18.5 Å². The lowest BCUT2D eigenvalue weighted by molar-refractivity contribution is 0.0920. The van der Waals surface area contributed by atoms with Crippen LogP contribution >= 0.6 is 0 Å². The first-order valence-electron chi connectivity index (χ1n) is 6.76. The van der Waals surface area contributed by atoms with Gasteiger partial charge >= 0.3 is 0 Å². The molecule has 98 valence electrons. The van der Waals surface area contributed by atoms with Gasteiger partial charge in [-0.2, -0.15) is 0 Å². The summed E-state index contributed by atoms with van der Waals surface area (Å²) in [5, 5.41) is 6.58. The predicted octanol–water partition coefficient (Wildman–Crippen LogP) is 0.814. The molecule has 5 nitrogen and oxygen atoms in total. The van der Waals surface area contributed by atoms with Crippen LogP contribution in [0.1, 0.15) is 23.3 Å². The maximum Gasteiger partial charge on any atom is 0.270 e. The third-order valence-corrected chi connectivity index (χ3v) is 4.33. The standard InChI is InChI=1S/C14H16N4O/c19-14(17-12-5-10-4-9(12)7-15-10)13-6-11-2-1-3-18(11)8-16-13/h1-3,6,8-10,12,15H,4-5,7H2,(H,17,19)/t9-,10+,12+/m1/s1. The molecule has 0 radical (unpaired) electrons. The highest BCUT2D eigenvalue weighted by Crippen LogP contribution is 2.31. The van der Waals surface area contributed by atoms with Crippen LogP contribution in [0.15, 0.2) is 30.7 Å². The van der Waals surface area contributed by atoms with Crippen molar-refractivity contribution in [3.8, 4) is 0 Å². The number of carbonyl (C=O) groups is 1. The van der Waals surface area contributed by atoms with Crippen LogP contribution in [-0.2, 0) is 0 Å². The zero-order valence-corrected chi connectivity index (χ0v) is 10.5. The molecule has 1 aliphatic carbocycles. The van der Waals surface area contributed by atoms with Gasteiger partial charge in [-0.15, -0.1) is 0 Å². The molecule has 1 saturated heterocycles. The van der Waals surface area contributed by atoms with Crippen molar-refractivity contribution < 1.29 is 4.79 Å². The smallest absolute Gasteiger partial charge is 0.270 e. The summed E-state index contributed by atoms with van der Waals surface area (Å²) in [4.78, 5) is 16.5. The fraction of sp³-hybridized carbons (Fsp3) is 0.429.